The van der Waals surface area contributed by atoms with Gasteiger partial charge in [-0.25, -0.2) is 0 Å². The highest BCUT2D eigenvalue weighted by Gasteiger charge is 2.23. The van der Waals surface area contributed by atoms with Crippen LogP contribution >= 0.6 is 0 Å². The van der Waals surface area contributed by atoms with Crippen LogP contribution in [-0.2, 0) is 5.41 Å². The van der Waals surface area contributed by atoms with Crippen LogP contribution in [0.5, 0.6) is 0 Å². The summed E-state index contributed by atoms with van der Waals surface area (Å²) in [5.74, 6) is 0. The highest BCUT2D eigenvalue weighted by Crippen LogP contribution is 2.50. The van der Waals surface area contributed by atoms with E-state index in [0.717, 1.165) is 0 Å². The molecule has 0 atom stereocenters. The van der Waals surface area contributed by atoms with E-state index in [1.54, 1.807) is 0 Å². The molecule has 210 valence electrons. The van der Waals surface area contributed by atoms with Crippen molar-refractivity contribution < 1.29 is 0 Å². The Balaban J connectivity index is 1.62. The van der Waals surface area contributed by atoms with E-state index in [4.69, 9.17) is 0 Å². The maximum atomic E-state index is 2.45. The van der Waals surface area contributed by atoms with Crippen molar-refractivity contribution in [1.82, 2.24) is 0 Å². The number of fused-ring (bicyclic) bond motifs is 4. The van der Waals surface area contributed by atoms with Crippen molar-refractivity contribution in [1.29, 1.82) is 0 Å². The van der Waals surface area contributed by atoms with Gasteiger partial charge in [-0.15, -0.1) is 0 Å². The molecular weight excluding hydrogens is 528 g/mol. The summed E-state index contributed by atoms with van der Waals surface area (Å²) in [5, 5.41) is 10.3. The first-order valence-electron chi connectivity index (χ1n) is 15.5. The molecule has 0 bridgehead atoms. The molecule has 0 unspecified atom stereocenters. The molecule has 0 heteroatoms. The smallest absolute Gasteiger partial charge is 0.00139 e. The first-order valence-corrected chi connectivity index (χ1v) is 15.5. The van der Waals surface area contributed by atoms with E-state index in [9.17, 15) is 0 Å². The van der Waals surface area contributed by atoms with Gasteiger partial charge in [-0.3, -0.25) is 0 Å². The van der Waals surface area contributed by atoms with Gasteiger partial charge in [0.15, 0.2) is 0 Å². The highest BCUT2D eigenvalue weighted by atomic mass is 14.3. The Hall–Kier alpha value is -5.20. The van der Waals surface area contributed by atoms with Crippen molar-refractivity contribution in [3.8, 4) is 33.4 Å². The van der Waals surface area contributed by atoms with E-state index in [1.165, 1.54) is 82.0 Å². The first kappa shape index (κ1) is 26.4. The van der Waals surface area contributed by atoms with Gasteiger partial charge in [-0.1, -0.05) is 166 Å². The molecule has 0 saturated heterocycles. The Morgan fingerprint density at radius 2 is 0.614 bits per heavy atom. The minimum atomic E-state index is 0.0324. The van der Waals surface area contributed by atoms with Crippen molar-refractivity contribution in [2.24, 2.45) is 0 Å². The van der Waals surface area contributed by atoms with E-state index in [-0.39, 0.29) is 5.41 Å². The zero-order chi connectivity index (χ0) is 29.8. The topological polar surface area (TPSA) is 0 Å². The summed E-state index contributed by atoms with van der Waals surface area (Å²) in [7, 11) is 0. The number of hydrogen-bond acceptors (Lipinski definition) is 0. The van der Waals surface area contributed by atoms with Crippen LogP contribution in [0.3, 0.4) is 0 Å². The lowest BCUT2D eigenvalue weighted by Crippen LogP contribution is -2.10. The van der Waals surface area contributed by atoms with Gasteiger partial charge in [0.2, 0.25) is 0 Å². The van der Waals surface area contributed by atoms with Gasteiger partial charge in [0.1, 0.15) is 0 Å². The second-order valence-corrected chi connectivity index (χ2v) is 12.9. The van der Waals surface area contributed by atoms with E-state index >= 15 is 0 Å². The van der Waals surface area contributed by atoms with Gasteiger partial charge in [0.25, 0.3) is 0 Å². The maximum Gasteiger partial charge on any atom is -0.00139 e. The zero-order valence-corrected chi connectivity index (χ0v) is 25.4. The predicted molar refractivity (Wildman–Crippen MR) is 191 cm³/mol. The molecule has 0 aliphatic carbocycles. The molecular formula is C44H34. The molecule has 0 aliphatic rings. The molecule has 0 heterocycles. The summed E-state index contributed by atoms with van der Waals surface area (Å²) >= 11 is 0. The third-order valence-electron chi connectivity index (χ3n) is 9.20. The monoisotopic (exact) mass is 562 g/mol. The minimum absolute atomic E-state index is 0.0324. The number of rotatable bonds is 3. The van der Waals surface area contributed by atoms with Crippen molar-refractivity contribution in [2.45, 2.75) is 26.2 Å². The molecule has 0 nitrogen and oxygen atoms in total. The van der Waals surface area contributed by atoms with Gasteiger partial charge in [0, 0.05) is 0 Å². The maximum absolute atomic E-state index is 2.45. The molecule has 0 aromatic heterocycles. The van der Waals surface area contributed by atoms with E-state index in [2.05, 4.69) is 172 Å². The SMILES string of the molecule is CC(C)(C)c1ccc2c(-c3c4ccccc4c(-c4ccccc4)c4ccccc34)c3ccccc3c(-c3ccccc3)c2c1. The predicted octanol–water partition coefficient (Wildman–Crippen LogP) is 12.6. The molecule has 8 aromatic rings. The Kier molecular flexibility index (Phi) is 6.13. The van der Waals surface area contributed by atoms with Gasteiger partial charge >= 0.3 is 0 Å². The van der Waals surface area contributed by atoms with Gasteiger partial charge in [-0.2, -0.15) is 0 Å². The third-order valence-corrected chi connectivity index (χ3v) is 9.20. The van der Waals surface area contributed by atoms with Crippen molar-refractivity contribution in [3.63, 3.8) is 0 Å². The van der Waals surface area contributed by atoms with Crippen LogP contribution in [0, 0.1) is 0 Å². The van der Waals surface area contributed by atoms with Crippen LogP contribution in [0.15, 0.2) is 152 Å². The summed E-state index contributed by atoms with van der Waals surface area (Å²) in [6.45, 7) is 6.92. The Bertz CT molecular complexity index is 2280. The summed E-state index contributed by atoms with van der Waals surface area (Å²) in [6, 6.07) is 56.0. The van der Waals surface area contributed by atoms with E-state index < -0.39 is 0 Å². The molecule has 0 fully saturated rings. The summed E-state index contributed by atoms with van der Waals surface area (Å²) in [4.78, 5) is 0. The van der Waals surface area contributed by atoms with Crippen LogP contribution < -0.4 is 0 Å². The molecule has 44 heavy (non-hydrogen) atoms. The lowest BCUT2D eigenvalue weighted by atomic mass is 9.79. The highest BCUT2D eigenvalue weighted by molar-refractivity contribution is 6.30. The van der Waals surface area contributed by atoms with Crippen LogP contribution in [-0.4, -0.2) is 0 Å². The van der Waals surface area contributed by atoms with Gasteiger partial charge in [-0.05, 0) is 93.5 Å². The molecule has 8 aromatic carbocycles. The molecule has 0 aliphatic heterocycles. The lowest BCUT2D eigenvalue weighted by Gasteiger charge is -2.24. The largest absolute Gasteiger partial charge is 0.0622 e. The van der Waals surface area contributed by atoms with Crippen LogP contribution in [0.25, 0.3) is 76.5 Å². The van der Waals surface area contributed by atoms with Gasteiger partial charge in [0.05, 0.1) is 0 Å². The molecule has 0 radical (unpaired) electrons. The molecule has 8 rings (SSSR count). The second kappa shape index (κ2) is 10.2. The fraction of sp³-hybridized carbons (Fsp3) is 0.0909. The normalized spacial score (nSPS) is 12.0. The Labute approximate surface area is 259 Å². The zero-order valence-electron chi connectivity index (χ0n) is 25.4. The Morgan fingerprint density at radius 1 is 0.295 bits per heavy atom. The molecule has 0 amide bonds. The van der Waals surface area contributed by atoms with Crippen LogP contribution in [0.1, 0.15) is 26.3 Å². The number of hydrogen-bond donors (Lipinski definition) is 0. The average Bonchev–Trinajstić information content (AvgIpc) is 3.06. The fourth-order valence-electron chi connectivity index (χ4n) is 7.14. The second-order valence-electron chi connectivity index (χ2n) is 12.9. The molecule has 0 saturated carbocycles. The van der Waals surface area contributed by atoms with Crippen molar-refractivity contribution in [3.05, 3.63) is 157 Å². The molecule has 0 N–H and O–H groups in total. The van der Waals surface area contributed by atoms with E-state index in [1.807, 2.05) is 0 Å². The fourth-order valence-corrected chi connectivity index (χ4v) is 7.14. The van der Waals surface area contributed by atoms with Crippen molar-refractivity contribution >= 4 is 43.1 Å². The Morgan fingerprint density at radius 3 is 1.00 bits per heavy atom. The van der Waals surface area contributed by atoms with Crippen LogP contribution in [0.4, 0.5) is 0 Å². The van der Waals surface area contributed by atoms with Gasteiger partial charge < -0.3 is 0 Å². The van der Waals surface area contributed by atoms with E-state index in [0.29, 0.717) is 0 Å². The van der Waals surface area contributed by atoms with Crippen LogP contribution in [0.2, 0.25) is 0 Å². The average molecular weight is 563 g/mol. The first-order chi connectivity index (χ1) is 21.5. The third kappa shape index (κ3) is 4.13. The summed E-state index contributed by atoms with van der Waals surface area (Å²) in [6.07, 6.45) is 0. The quantitative estimate of drug-likeness (QED) is 0.188. The molecule has 0 spiro atoms. The number of benzene rings is 8. The summed E-state index contributed by atoms with van der Waals surface area (Å²) in [5.41, 5.74) is 9.09. The standard InChI is InChI=1S/C44H34/c1-44(2,3)31-26-27-38-39(28-31)41(30-18-8-5-9-19-30)34-22-12-15-25-37(34)43(38)42-35-23-13-10-20-32(35)40(29-16-6-4-7-17-29)33-21-11-14-24-36(33)42/h4-28H,1-3H3. The minimum Gasteiger partial charge on any atom is -0.0622 e. The lowest BCUT2D eigenvalue weighted by molar-refractivity contribution is 0.591. The van der Waals surface area contributed by atoms with Crippen molar-refractivity contribution in [2.75, 3.05) is 0 Å². The summed E-state index contributed by atoms with van der Waals surface area (Å²) < 4.78 is 0.